The number of hydrogen-bond donors (Lipinski definition) is 0. The third kappa shape index (κ3) is 2.93. The van der Waals surface area contributed by atoms with Crippen LogP contribution in [0.5, 0.6) is 0 Å². The quantitative estimate of drug-likeness (QED) is 0.761. The predicted molar refractivity (Wildman–Crippen MR) is 69.9 cm³/mol. The first-order valence-electron chi connectivity index (χ1n) is 6.18. The van der Waals surface area contributed by atoms with Crippen LogP contribution in [0.1, 0.15) is 24.2 Å². The van der Waals surface area contributed by atoms with Crippen LogP contribution in [0.2, 0.25) is 0 Å². The van der Waals surface area contributed by atoms with Crippen molar-refractivity contribution in [1.82, 2.24) is 0 Å². The van der Waals surface area contributed by atoms with Gasteiger partial charge < -0.3 is 14.2 Å². The third-order valence-electron chi connectivity index (χ3n) is 2.91. The molecule has 0 aliphatic carbocycles. The van der Waals surface area contributed by atoms with Crippen LogP contribution >= 0.6 is 0 Å². The van der Waals surface area contributed by atoms with Crippen LogP contribution in [0.15, 0.2) is 29.3 Å². The van der Waals surface area contributed by atoms with Gasteiger partial charge in [-0.05, 0) is 12.5 Å². The van der Waals surface area contributed by atoms with E-state index < -0.39 is 12.1 Å². The fraction of sp³-hybridized carbons (Fsp3) is 0.429. The minimum atomic E-state index is -0.641. The van der Waals surface area contributed by atoms with Gasteiger partial charge in [0.05, 0.1) is 13.2 Å². The summed E-state index contributed by atoms with van der Waals surface area (Å²) in [5.74, 6) is -0.367. The molecule has 19 heavy (non-hydrogen) atoms. The molecule has 0 fully saturated rings. The van der Waals surface area contributed by atoms with Crippen LogP contribution in [0.4, 0.5) is 0 Å². The number of rotatable bonds is 5. The second-order valence-electron chi connectivity index (χ2n) is 4.14. The smallest absolute Gasteiger partial charge is 0.335 e. The summed E-state index contributed by atoms with van der Waals surface area (Å²) in [5, 5.41) is 0. The number of aliphatic imine (C=N–C) groups is 1. The summed E-state index contributed by atoms with van der Waals surface area (Å²) >= 11 is 0. The third-order valence-corrected chi connectivity index (χ3v) is 2.91. The van der Waals surface area contributed by atoms with Crippen LogP contribution in [-0.4, -0.2) is 32.1 Å². The van der Waals surface area contributed by atoms with Crippen LogP contribution in [-0.2, 0) is 25.6 Å². The van der Waals surface area contributed by atoms with Crippen molar-refractivity contribution >= 4 is 12.4 Å². The molecule has 0 N–H and O–H groups in total. The number of benzene rings is 1. The predicted octanol–water partition coefficient (Wildman–Crippen LogP) is 1.86. The van der Waals surface area contributed by atoms with Gasteiger partial charge in [0.2, 0.25) is 0 Å². The first kappa shape index (κ1) is 13.5. The molecule has 0 radical (unpaired) electrons. The molecule has 1 aliphatic rings. The van der Waals surface area contributed by atoms with Gasteiger partial charge in [-0.3, -0.25) is 0 Å². The molecule has 1 aliphatic heterocycles. The number of carbonyl (C=O) groups is 1. The van der Waals surface area contributed by atoms with Gasteiger partial charge in [0.25, 0.3) is 0 Å². The largest absolute Gasteiger partial charge is 0.473 e. The highest BCUT2D eigenvalue weighted by molar-refractivity contribution is 5.80. The van der Waals surface area contributed by atoms with Crippen molar-refractivity contribution in [3.63, 3.8) is 0 Å². The minimum Gasteiger partial charge on any atom is -0.473 e. The van der Waals surface area contributed by atoms with Crippen LogP contribution < -0.4 is 0 Å². The molecule has 0 bridgehead atoms. The fourth-order valence-electron chi connectivity index (χ4n) is 2.07. The van der Waals surface area contributed by atoms with Gasteiger partial charge in [-0.1, -0.05) is 24.3 Å². The summed E-state index contributed by atoms with van der Waals surface area (Å²) in [5.41, 5.74) is 1.88. The first-order chi connectivity index (χ1) is 9.27. The van der Waals surface area contributed by atoms with E-state index >= 15 is 0 Å². The average Bonchev–Trinajstić information content (AvgIpc) is 2.89. The maximum atomic E-state index is 11.9. The average molecular weight is 263 g/mol. The summed E-state index contributed by atoms with van der Waals surface area (Å²) in [6.07, 6.45) is 0.876. The van der Waals surface area contributed by atoms with E-state index in [-0.39, 0.29) is 5.97 Å². The molecule has 2 atom stereocenters. The lowest BCUT2D eigenvalue weighted by Crippen LogP contribution is -2.27. The molecule has 5 nitrogen and oxygen atoms in total. The number of ether oxygens (including phenoxy) is 3. The summed E-state index contributed by atoms with van der Waals surface area (Å²) in [6, 6.07) is 7.05. The zero-order valence-electron chi connectivity index (χ0n) is 11.0. The molecule has 5 heteroatoms. The number of nitrogens with zero attached hydrogens (tertiary/aromatic N) is 1. The molecule has 2 rings (SSSR count). The van der Waals surface area contributed by atoms with E-state index in [4.69, 9.17) is 14.2 Å². The zero-order valence-corrected chi connectivity index (χ0v) is 11.0. The van der Waals surface area contributed by atoms with Gasteiger partial charge in [0.15, 0.2) is 18.5 Å². The lowest BCUT2D eigenvalue weighted by molar-refractivity contribution is -0.146. The molecule has 102 valence electrons. The van der Waals surface area contributed by atoms with E-state index in [9.17, 15) is 4.79 Å². The van der Waals surface area contributed by atoms with E-state index in [0.29, 0.717) is 13.2 Å². The highest BCUT2D eigenvalue weighted by atomic mass is 16.5. The highest BCUT2D eigenvalue weighted by Gasteiger charge is 2.36. The monoisotopic (exact) mass is 263 g/mol. The van der Waals surface area contributed by atoms with Gasteiger partial charge in [0, 0.05) is 12.7 Å². The Hall–Kier alpha value is -1.88. The maximum absolute atomic E-state index is 11.9. The van der Waals surface area contributed by atoms with Gasteiger partial charge in [-0.25, -0.2) is 9.79 Å². The van der Waals surface area contributed by atoms with E-state index in [2.05, 4.69) is 4.99 Å². The standard InChI is InChI=1S/C14H17NO4/c1-3-18-14(16)12-13(19-9-15-12)11-7-5-4-6-10(11)8-17-2/h4-7,9,12-13H,3,8H2,1-2H3. The summed E-state index contributed by atoms with van der Waals surface area (Å²) in [6.45, 7) is 2.56. The van der Waals surface area contributed by atoms with E-state index in [0.717, 1.165) is 11.1 Å². The lowest BCUT2D eigenvalue weighted by atomic mass is 9.98. The van der Waals surface area contributed by atoms with Crippen molar-refractivity contribution in [2.75, 3.05) is 13.7 Å². The SMILES string of the molecule is CCOC(=O)C1N=COC1c1ccccc1COC. The second-order valence-corrected chi connectivity index (χ2v) is 4.14. The Labute approximate surface area is 112 Å². The maximum Gasteiger partial charge on any atom is 0.335 e. The number of methoxy groups -OCH3 is 1. The van der Waals surface area contributed by atoms with Crippen molar-refractivity contribution < 1.29 is 19.0 Å². The summed E-state index contributed by atoms with van der Waals surface area (Å²) < 4.78 is 15.6. The van der Waals surface area contributed by atoms with E-state index in [1.165, 1.54) is 6.40 Å². The summed E-state index contributed by atoms with van der Waals surface area (Å²) in [4.78, 5) is 15.9. The molecule has 1 heterocycles. The van der Waals surface area contributed by atoms with E-state index in [1.807, 2.05) is 24.3 Å². The zero-order chi connectivity index (χ0) is 13.7. The molecule has 0 amide bonds. The Morgan fingerprint density at radius 2 is 2.21 bits per heavy atom. The normalized spacial score (nSPS) is 21.2. The molecule has 1 aromatic rings. The van der Waals surface area contributed by atoms with Crippen molar-refractivity contribution in [2.24, 2.45) is 4.99 Å². The van der Waals surface area contributed by atoms with Gasteiger partial charge in [-0.15, -0.1) is 0 Å². The highest BCUT2D eigenvalue weighted by Crippen LogP contribution is 2.30. The molecule has 1 aromatic carbocycles. The molecule has 2 unspecified atom stereocenters. The van der Waals surface area contributed by atoms with Crippen LogP contribution in [0.3, 0.4) is 0 Å². The van der Waals surface area contributed by atoms with Crippen molar-refractivity contribution in [1.29, 1.82) is 0 Å². The Morgan fingerprint density at radius 1 is 1.42 bits per heavy atom. The molecule has 0 saturated heterocycles. The number of carbonyl (C=O) groups excluding carboxylic acids is 1. The Balaban J connectivity index is 2.23. The molecule has 0 aromatic heterocycles. The fourth-order valence-corrected chi connectivity index (χ4v) is 2.07. The van der Waals surface area contributed by atoms with Gasteiger partial charge in [0.1, 0.15) is 0 Å². The van der Waals surface area contributed by atoms with Gasteiger partial charge >= 0.3 is 5.97 Å². The Morgan fingerprint density at radius 3 is 2.95 bits per heavy atom. The lowest BCUT2D eigenvalue weighted by Gasteiger charge is -2.19. The number of hydrogen-bond acceptors (Lipinski definition) is 5. The first-order valence-corrected chi connectivity index (χ1v) is 6.18. The minimum absolute atomic E-state index is 0.331. The Kier molecular flexibility index (Phi) is 4.52. The molecule has 0 saturated carbocycles. The van der Waals surface area contributed by atoms with Crippen molar-refractivity contribution in [3.8, 4) is 0 Å². The second kappa shape index (κ2) is 6.33. The summed E-state index contributed by atoms with van der Waals surface area (Å²) in [7, 11) is 1.63. The van der Waals surface area contributed by atoms with Gasteiger partial charge in [-0.2, -0.15) is 0 Å². The molecular weight excluding hydrogens is 246 g/mol. The topological polar surface area (TPSA) is 57.1 Å². The van der Waals surface area contributed by atoms with Crippen molar-refractivity contribution in [3.05, 3.63) is 35.4 Å². The number of esters is 1. The molecule has 0 spiro atoms. The van der Waals surface area contributed by atoms with E-state index in [1.54, 1.807) is 14.0 Å². The van der Waals surface area contributed by atoms with Crippen LogP contribution in [0.25, 0.3) is 0 Å². The molecular formula is C14H17NO4. The van der Waals surface area contributed by atoms with Crippen molar-refractivity contribution in [2.45, 2.75) is 25.7 Å². The van der Waals surface area contributed by atoms with Crippen LogP contribution in [0, 0.1) is 0 Å². The Bertz CT molecular complexity index is 472.